The van der Waals surface area contributed by atoms with E-state index >= 15 is 0 Å². The van der Waals surface area contributed by atoms with Crippen molar-refractivity contribution in [3.8, 4) is 0 Å². The van der Waals surface area contributed by atoms with Gasteiger partial charge in [-0.3, -0.25) is 9.59 Å². The third kappa shape index (κ3) is 58.6. The number of ether oxygens (including phenoxy) is 2. The molecule has 0 saturated heterocycles. The Morgan fingerprint density at radius 1 is 0.333 bits per heavy atom. The second-order valence-electron chi connectivity index (χ2n) is 19.3. The quantitative estimate of drug-likeness (QED) is 0.0373. The van der Waals surface area contributed by atoms with Crippen molar-refractivity contribution in [1.82, 2.24) is 0 Å². The van der Waals surface area contributed by atoms with Crippen molar-refractivity contribution in [3.63, 3.8) is 0 Å². The van der Waals surface area contributed by atoms with Gasteiger partial charge < -0.3 is 14.6 Å². The second kappa shape index (κ2) is 61.3. The van der Waals surface area contributed by atoms with Crippen molar-refractivity contribution < 1.29 is 24.2 Å². The Hall–Kier alpha value is -3.96. The van der Waals surface area contributed by atoms with Crippen molar-refractivity contribution >= 4 is 11.9 Å². The lowest BCUT2D eigenvalue weighted by atomic mass is 10.1. The molecule has 1 atom stereocenters. The average Bonchev–Trinajstić information content (AvgIpc) is 3.38. The van der Waals surface area contributed by atoms with Crippen LogP contribution in [0.1, 0.15) is 258 Å². The Bertz CT molecular complexity index is 1500. The lowest BCUT2D eigenvalue weighted by Gasteiger charge is -2.15. The van der Waals surface area contributed by atoms with Crippen LogP contribution in [0.4, 0.5) is 0 Å². The van der Waals surface area contributed by atoms with Crippen LogP contribution in [0.3, 0.4) is 0 Å². The number of allylic oxidation sites excluding steroid dienone is 22. The summed E-state index contributed by atoms with van der Waals surface area (Å²) < 4.78 is 10.7. The Morgan fingerprint density at radius 2 is 0.597 bits per heavy atom. The largest absolute Gasteiger partial charge is 0.462 e. The molecule has 0 bridgehead atoms. The summed E-state index contributed by atoms with van der Waals surface area (Å²) in [5, 5.41) is 9.65. The third-order valence-corrected chi connectivity index (χ3v) is 12.4. The number of aliphatic hydroxyl groups excluding tert-OH is 1. The Labute approximate surface area is 445 Å². The molecule has 0 fully saturated rings. The van der Waals surface area contributed by atoms with Gasteiger partial charge in [-0.05, 0) is 116 Å². The summed E-state index contributed by atoms with van der Waals surface area (Å²) in [5.41, 5.74) is 0. The number of aliphatic hydroxyl groups is 1. The Morgan fingerprint density at radius 3 is 0.917 bits per heavy atom. The molecule has 0 rings (SSSR count). The molecule has 408 valence electrons. The van der Waals surface area contributed by atoms with Gasteiger partial charge in [0, 0.05) is 12.8 Å². The van der Waals surface area contributed by atoms with E-state index in [2.05, 4.69) is 148 Å². The molecule has 0 aliphatic carbocycles. The van der Waals surface area contributed by atoms with Crippen molar-refractivity contribution in [1.29, 1.82) is 0 Å². The van der Waals surface area contributed by atoms with Crippen LogP contribution in [-0.4, -0.2) is 36.4 Å². The molecule has 0 amide bonds. The molecule has 0 saturated carbocycles. The molecule has 1 N–H and O–H groups in total. The Kier molecular flexibility index (Phi) is 58.0. The maximum Gasteiger partial charge on any atom is 0.306 e. The van der Waals surface area contributed by atoms with E-state index in [1.54, 1.807) is 0 Å². The second-order valence-corrected chi connectivity index (χ2v) is 19.3. The minimum Gasteiger partial charge on any atom is -0.462 e. The predicted octanol–water partition coefficient (Wildman–Crippen LogP) is 20.4. The molecule has 0 aliphatic rings. The number of hydrogen-bond donors (Lipinski definition) is 1. The third-order valence-electron chi connectivity index (χ3n) is 12.4. The van der Waals surface area contributed by atoms with Crippen LogP contribution in [0.15, 0.2) is 134 Å². The first-order chi connectivity index (χ1) is 35.6. The lowest BCUT2D eigenvalue weighted by molar-refractivity contribution is -0.161. The van der Waals surface area contributed by atoms with E-state index in [1.165, 1.54) is 122 Å². The van der Waals surface area contributed by atoms with Gasteiger partial charge in [-0.2, -0.15) is 0 Å². The standard InChI is InChI=1S/C67H110O5/c1-3-5-7-9-11-13-15-17-19-21-23-24-25-26-27-28-29-30-31-32-33-34-35-36-37-38-39-40-41-42-44-46-48-50-52-54-56-58-60-62-67(70)72-65(63-68)64-71-66(69)61-59-57-55-53-51-49-47-45-43-22-20-18-16-14-12-10-8-6-4-2/h5,7,11,13,17-20,23-24,26-27,29-30,32-33,35-36,38-39,41-42,65,68H,3-4,6,8-10,12,14-16,21-22,25,28,31,34,37,40,43-64H2,1-2H3/b7-5-,13-11-,19-17-,20-18-,24-23-,27-26-,30-29-,33-32-,36-35-,39-38-,42-41-. The summed E-state index contributed by atoms with van der Waals surface area (Å²) >= 11 is 0. The number of esters is 2. The number of carbonyl (C=O) groups excluding carboxylic acids is 2. The molecule has 0 radical (unpaired) electrons. The van der Waals surface area contributed by atoms with Gasteiger partial charge >= 0.3 is 11.9 Å². The molecule has 0 spiro atoms. The van der Waals surface area contributed by atoms with Gasteiger partial charge in [0.05, 0.1) is 6.61 Å². The summed E-state index contributed by atoms with van der Waals surface area (Å²) in [6.45, 7) is 4.02. The summed E-state index contributed by atoms with van der Waals surface area (Å²) in [7, 11) is 0. The molecule has 5 heteroatoms. The van der Waals surface area contributed by atoms with Crippen LogP contribution in [0.5, 0.6) is 0 Å². The molecule has 72 heavy (non-hydrogen) atoms. The monoisotopic (exact) mass is 995 g/mol. The predicted molar refractivity (Wildman–Crippen MR) is 315 cm³/mol. The van der Waals surface area contributed by atoms with Gasteiger partial charge in [0.25, 0.3) is 0 Å². The minimum absolute atomic E-state index is 0.0760. The first-order valence-electron chi connectivity index (χ1n) is 29.7. The molecule has 0 aromatic carbocycles. The van der Waals surface area contributed by atoms with Gasteiger partial charge in [0.15, 0.2) is 6.10 Å². The van der Waals surface area contributed by atoms with Crippen molar-refractivity contribution in [2.45, 2.75) is 264 Å². The summed E-state index contributed by atoms with van der Waals surface area (Å²) in [4.78, 5) is 24.5. The van der Waals surface area contributed by atoms with Crippen LogP contribution in [0, 0.1) is 0 Å². The van der Waals surface area contributed by atoms with Gasteiger partial charge in [-0.25, -0.2) is 0 Å². The van der Waals surface area contributed by atoms with Gasteiger partial charge in [-0.1, -0.05) is 263 Å². The van der Waals surface area contributed by atoms with E-state index in [1.807, 2.05) is 0 Å². The SMILES string of the molecule is CC/C=C\C/C=C\C/C=C\C/C=C\C/C=C\C/C=C\C/C=C\C/C=C\C/C=C\C/C=C\CCCCCCCCCCC(=O)OC(CO)COC(=O)CCCCCCCCCCC/C=C\CCCCCCCC. The van der Waals surface area contributed by atoms with Crippen LogP contribution >= 0.6 is 0 Å². The maximum absolute atomic E-state index is 12.3. The van der Waals surface area contributed by atoms with Crippen LogP contribution in [0.25, 0.3) is 0 Å². The van der Waals surface area contributed by atoms with Gasteiger partial charge in [-0.15, -0.1) is 0 Å². The van der Waals surface area contributed by atoms with E-state index in [9.17, 15) is 14.7 Å². The number of carbonyl (C=O) groups is 2. The van der Waals surface area contributed by atoms with E-state index in [4.69, 9.17) is 9.47 Å². The fourth-order valence-electron chi connectivity index (χ4n) is 7.99. The fourth-order valence-corrected chi connectivity index (χ4v) is 7.99. The zero-order chi connectivity index (χ0) is 52.0. The molecule has 0 heterocycles. The van der Waals surface area contributed by atoms with E-state index in [0.29, 0.717) is 12.8 Å². The van der Waals surface area contributed by atoms with Crippen LogP contribution in [0.2, 0.25) is 0 Å². The Balaban J connectivity index is 3.60. The molecular formula is C67H110O5. The molecule has 0 aliphatic heterocycles. The summed E-state index contributed by atoms with van der Waals surface area (Å²) in [5.74, 6) is -0.605. The number of rotatable bonds is 53. The first-order valence-corrected chi connectivity index (χ1v) is 29.7. The molecular weight excluding hydrogens is 885 g/mol. The van der Waals surface area contributed by atoms with Crippen molar-refractivity contribution in [2.24, 2.45) is 0 Å². The first kappa shape index (κ1) is 68.0. The van der Waals surface area contributed by atoms with E-state index in [0.717, 1.165) is 109 Å². The van der Waals surface area contributed by atoms with Gasteiger partial charge in [0.1, 0.15) is 6.61 Å². The highest BCUT2D eigenvalue weighted by molar-refractivity contribution is 5.70. The minimum atomic E-state index is -0.786. The summed E-state index contributed by atoms with van der Waals surface area (Å²) in [6.07, 6.45) is 91.4. The molecule has 1 unspecified atom stereocenters. The topological polar surface area (TPSA) is 72.8 Å². The van der Waals surface area contributed by atoms with Gasteiger partial charge in [0.2, 0.25) is 0 Å². The maximum atomic E-state index is 12.3. The number of hydrogen-bond acceptors (Lipinski definition) is 5. The number of unbranched alkanes of at least 4 members (excludes halogenated alkanes) is 23. The zero-order valence-electron chi connectivity index (χ0n) is 46.6. The highest BCUT2D eigenvalue weighted by atomic mass is 16.6. The summed E-state index contributed by atoms with van der Waals surface area (Å²) in [6, 6.07) is 0. The highest BCUT2D eigenvalue weighted by Gasteiger charge is 2.16. The van der Waals surface area contributed by atoms with E-state index < -0.39 is 6.10 Å². The lowest BCUT2D eigenvalue weighted by Crippen LogP contribution is -2.28. The smallest absolute Gasteiger partial charge is 0.306 e. The normalized spacial score (nSPS) is 13.2. The van der Waals surface area contributed by atoms with Crippen LogP contribution < -0.4 is 0 Å². The van der Waals surface area contributed by atoms with E-state index in [-0.39, 0.29) is 25.2 Å². The fraction of sp³-hybridized carbons (Fsp3) is 0.642. The average molecular weight is 996 g/mol. The highest BCUT2D eigenvalue weighted by Crippen LogP contribution is 2.15. The van der Waals surface area contributed by atoms with Crippen molar-refractivity contribution in [2.75, 3.05) is 13.2 Å². The molecule has 5 nitrogen and oxygen atoms in total. The molecule has 0 aromatic rings. The molecule has 0 aromatic heterocycles. The zero-order valence-corrected chi connectivity index (χ0v) is 46.6. The van der Waals surface area contributed by atoms with Crippen molar-refractivity contribution in [3.05, 3.63) is 134 Å². The van der Waals surface area contributed by atoms with Crippen LogP contribution in [-0.2, 0) is 19.1 Å².